The molecule has 1 atom stereocenters. The molecule has 0 aliphatic heterocycles. The van der Waals surface area contributed by atoms with Crippen LogP contribution in [0.1, 0.15) is 90.8 Å². The van der Waals surface area contributed by atoms with E-state index in [9.17, 15) is 0 Å². The van der Waals surface area contributed by atoms with E-state index in [2.05, 4.69) is 91.8 Å². The van der Waals surface area contributed by atoms with Crippen molar-refractivity contribution in [3.63, 3.8) is 0 Å². The molecule has 0 bridgehead atoms. The fraction of sp³-hybridized carbons (Fsp3) is 0.481. The summed E-state index contributed by atoms with van der Waals surface area (Å²) in [6.07, 6.45) is 5.52. The van der Waals surface area contributed by atoms with Crippen molar-refractivity contribution in [1.29, 1.82) is 0 Å². The molecule has 31 heavy (non-hydrogen) atoms. The summed E-state index contributed by atoms with van der Waals surface area (Å²) >= 11 is 0. The maximum atomic E-state index is 3.29. The quantitative estimate of drug-likeness (QED) is 0.255. The molecule has 0 saturated carbocycles. The summed E-state index contributed by atoms with van der Waals surface area (Å²) in [5, 5.41) is 2.85. The summed E-state index contributed by atoms with van der Waals surface area (Å²) in [7, 11) is 0. The van der Waals surface area contributed by atoms with Crippen LogP contribution in [-0.2, 0) is 26.2 Å². The van der Waals surface area contributed by atoms with E-state index >= 15 is 0 Å². The third kappa shape index (κ3) is 12.1. The molecule has 0 nitrogen and oxygen atoms in total. The SMILES string of the molecule is CC.CC1=[C-]C(C)C=C1C.Cc1cc2c(C(C)C)cc(C(C)C)cc2[cH-]1.Cl.Cl.[CH3-].[Si].[Zr+3]. The van der Waals surface area contributed by atoms with Gasteiger partial charge in [0.25, 0.3) is 0 Å². The molecule has 1 aliphatic rings. The predicted octanol–water partition coefficient (Wildman–Crippen LogP) is 9.38. The van der Waals surface area contributed by atoms with Crippen LogP contribution in [0.2, 0.25) is 0 Å². The molecule has 0 spiro atoms. The van der Waals surface area contributed by atoms with Crippen LogP contribution in [-0.4, -0.2) is 11.0 Å². The van der Waals surface area contributed by atoms with Crippen molar-refractivity contribution in [2.75, 3.05) is 0 Å². The monoisotopic (exact) mass is 555 g/mol. The Kier molecular flexibility index (Phi) is 25.9. The normalized spacial score (nSPS) is 13.5. The molecular weight excluding hydrogens is 515 g/mol. The number of rotatable bonds is 2. The first-order valence-electron chi connectivity index (χ1n) is 10.2. The van der Waals surface area contributed by atoms with Crippen LogP contribution in [0.4, 0.5) is 0 Å². The molecule has 0 heterocycles. The number of hydrogen-bond donors (Lipinski definition) is 0. The van der Waals surface area contributed by atoms with E-state index in [0.29, 0.717) is 17.8 Å². The Balaban J connectivity index is -0.000000131. The standard InChI is InChI=1S/C16H21.C8H11.C2H6.CH3.2ClH.Si.Zr/c1-10(2)13-8-14-6-12(5)7-16(14)15(9-13)11(3)4;1-6-4-7(2)8(3)5-6;1-2;;;;;/h6-11H,1-5H3;4,6H,1-3H3;1-2H3;1H3;2*1H;;/q2*-1;;-1;;;;+3. The summed E-state index contributed by atoms with van der Waals surface area (Å²) in [5.74, 6) is 1.76. The van der Waals surface area contributed by atoms with Gasteiger partial charge < -0.3 is 7.43 Å². The zero-order chi connectivity index (χ0) is 20.0. The van der Waals surface area contributed by atoms with Gasteiger partial charge in [-0.15, -0.1) is 60.2 Å². The van der Waals surface area contributed by atoms with Gasteiger partial charge in [0, 0.05) is 11.0 Å². The zero-order valence-corrected chi connectivity index (χ0v) is 26.5. The summed E-state index contributed by atoms with van der Waals surface area (Å²) < 4.78 is 0. The van der Waals surface area contributed by atoms with E-state index < -0.39 is 0 Å². The maximum Gasteiger partial charge on any atom is 3.00 e. The molecule has 0 amide bonds. The zero-order valence-electron chi connectivity index (χ0n) is 21.4. The topological polar surface area (TPSA) is 0 Å². The number of fused-ring (bicyclic) bond motifs is 1. The first kappa shape index (κ1) is 41.3. The van der Waals surface area contributed by atoms with Crippen molar-refractivity contribution in [2.45, 2.75) is 81.1 Å². The van der Waals surface area contributed by atoms with Crippen LogP contribution >= 0.6 is 24.8 Å². The molecule has 0 aromatic heterocycles. The number of halogens is 2. The Hall–Kier alpha value is -0.01000. The number of allylic oxidation sites excluding steroid dienone is 4. The number of hydrogen-bond acceptors (Lipinski definition) is 0. The van der Waals surface area contributed by atoms with Crippen LogP contribution in [0.5, 0.6) is 0 Å². The molecule has 1 aliphatic carbocycles. The molecule has 173 valence electrons. The Morgan fingerprint density at radius 3 is 1.74 bits per heavy atom. The number of aryl methyl sites for hydroxylation is 1. The Labute approximate surface area is 230 Å². The largest absolute Gasteiger partial charge is 3.00 e. The Morgan fingerprint density at radius 2 is 1.42 bits per heavy atom. The molecule has 2 aromatic rings. The fourth-order valence-electron chi connectivity index (χ4n) is 3.33. The van der Waals surface area contributed by atoms with Crippen molar-refractivity contribution in [2.24, 2.45) is 5.92 Å². The number of benzene rings is 1. The minimum Gasteiger partial charge on any atom is -0.358 e. The Bertz CT molecular complexity index is 768. The van der Waals surface area contributed by atoms with Gasteiger partial charge in [0.2, 0.25) is 0 Å². The van der Waals surface area contributed by atoms with Crippen LogP contribution in [0.3, 0.4) is 0 Å². The molecule has 2 aromatic carbocycles. The van der Waals surface area contributed by atoms with E-state index in [1.165, 1.54) is 38.6 Å². The van der Waals surface area contributed by atoms with Crippen molar-refractivity contribution < 1.29 is 26.2 Å². The first-order chi connectivity index (χ1) is 12.2. The van der Waals surface area contributed by atoms with Gasteiger partial charge in [0.05, 0.1) is 0 Å². The van der Waals surface area contributed by atoms with Gasteiger partial charge in [-0.05, 0) is 11.8 Å². The maximum absolute atomic E-state index is 3.29. The fourth-order valence-corrected chi connectivity index (χ4v) is 3.33. The van der Waals surface area contributed by atoms with E-state index in [1.54, 1.807) is 0 Å². The van der Waals surface area contributed by atoms with Crippen molar-refractivity contribution in [3.05, 3.63) is 71.7 Å². The second-order valence-electron chi connectivity index (χ2n) is 7.86. The van der Waals surface area contributed by atoms with Crippen LogP contribution in [0.25, 0.3) is 10.8 Å². The Morgan fingerprint density at radius 1 is 0.903 bits per heavy atom. The molecule has 1 unspecified atom stereocenters. The van der Waals surface area contributed by atoms with Gasteiger partial charge >= 0.3 is 26.2 Å². The van der Waals surface area contributed by atoms with Crippen molar-refractivity contribution >= 4 is 46.6 Å². The summed E-state index contributed by atoms with van der Waals surface area (Å²) in [6, 6.07) is 9.35. The van der Waals surface area contributed by atoms with Gasteiger partial charge in [-0.2, -0.15) is 12.1 Å². The van der Waals surface area contributed by atoms with Gasteiger partial charge in [0.15, 0.2) is 0 Å². The molecule has 4 heteroatoms. The molecule has 0 fully saturated rings. The second kappa shape index (κ2) is 19.5. The van der Waals surface area contributed by atoms with E-state index in [1.807, 2.05) is 13.8 Å². The summed E-state index contributed by atoms with van der Waals surface area (Å²) in [4.78, 5) is 0. The van der Waals surface area contributed by atoms with E-state index in [-0.39, 0.29) is 69.4 Å². The van der Waals surface area contributed by atoms with Crippen LogP contribution in [0.15, 0.2) is 41.5 Å². The third-order valence-electron chi connectivity index (χ3n) is 4.85. The molecule has 3 rings (SSSR count). The van der Waals surface area contributed by atoms with Crippen molar-refractivity contribution in [1.82, 2.24) is 0 Å². The molecule has 0 saturated heterocycles. The van der Waals surface area contributed by atoms with Gasteiger partial charge in [-0.3, -0.25) is 6.08 Å². The van der Waals surface area contributed by atoms with Crippen molar-refractivity contribution in [3.8, 4) is 0 Å². The second-order valence-corrected chi connectivity index (χ2v) is 7.86. The first-order valence-corrected chi connectivity index (χ1v) is 10.2. The van der Waals surface area contributed by atoms with Crippen LogP contribution < -0.4 is 0 Å². The van der Waals surface area contributed by atoms with Gasteiger partial charge in [0.1, 0.15) is 0 Å². The predicted molar refractivity (Wildman–Crippen MR) is 146 cm³/mol. The summed E-state index contributed by atoms with van der Waals surface area (Å²) in [5.41, 5.74) is 7.03. The smallest absolute Gasteiger partial charge is 0.358 e. The van der Waals surface area contributed by atoms with Gasteiger partial charge in [-0.1, -0.05) is 85.4 Å². The van der Waals surface area contributed by atoms with E-state index in [4.69, 9.17) is 0 Å². The van der Waals surface area contributed by atoms with Crippen LogP contribution in [0, 0.1) is 26.3 Å². The van der Waals surface area contributed by atoms with Gasteiger partial charge in [-0.25, -0.2) is 11.1 Å². The minimum absolute atomic E-state index is 0. The average Bonchev–Trinajstić information content (AvgIpc) is 3.08. The average molecular weight is 558 g/mol. The molecular formula is C27H43Cl2SiZr. The van der Waals surface area contributed by atoms with E-state index in [0.717, 1.165) is 0 Å². The summed E-state index contributed by atoms with van der Waals surface area (Å²) in [6.45, 7) is 21.7. The molecule has 0 N–H and O–H groups in total. The molecule has 5 radical (unpaired) electrons. The third-order valence-corrected chi connectivity index (χ3v) is 4.85. The minimum atomic E-state index is 0.